The van der Waals surface area contributed by atoms with Gasteiger partial charge in [-0.1, -0.05) is 23.7 Å². The summed E-state index contributed by atoms with van der Waals surface area (Å²) in [5.41, 5.74) is 0.827. The van der Waals surface area contributed by atoms with Crippen molar-refractivity contribution < 1.29 is 17.9 Å². The molecule has 0 bridgehead atoms. The van der Waals surface area contributed by atoms with Gasteiger partial charge in [-0.15, -0.1) is 0 Å². The van der Waals surface area contributed by atoms with E-state index >= 15 is 0 Å². The molecule has 7 nitrogen and oxygen atoms in total. The molecule has 0 unspecified atom stereocenters. The molecule has 9 heteroatoms. The quantitative estimate of drug-likeness (QED) is 0.612. The van der Waals surface area contributed by atoms with Gasteiger partial charge in [0.2, 0.25) is 10.0 Å². The van der Waals surface area contributed by atoms with Crippen LogP contribution in [0, 0.1) is 0 Å². The Balaban J connectivity index is 1.63. The lowest BCUT2D eigenvalue weighted by molar-refractivity contribution is 0.0908. The Bertz CT molecular complexity index is 1070. The molecule has 1 amide bonds. The first-order valence-electron chi connectivity index (χ1n) is 11.0. The minimum absolute atomic E-state index is 0.0360. The summed E-state index contributed by atoms with van der Waals surface area (Å²) in [6.45, 7) is 7.85. The van der Waals surface area contributed by atoms with Crippen LogP contribution in [-0.2, 0) is 16.6 Å². The highest BCUT2D eigenvalue weighted by Gasteiger charge is 2.27. The molecule has 3 rings (SSSR count). The average molecular weight is 494 g/mol. The van der Waals surface area contributed by atoms with E-state index in [0.717, 1.165) is 37.5 Å². The number of piperidine rings is 1. The van der Waals surface area contributed by atoms with Gasteiger partial charge in [0.15, 0.2) is 0 Å². The molecular weight excluding hydrogens is 462 g/mol. The zero-order valence-corrected chi connectivity index (χ0v) is 21.1. The number of halogens is 1. The molecule has 0 spiro atoms. The summed E-state index contributed by atoms with van der Waals surface area (Å²) in [7, 11) is -2.45. The zero-order valence-electron chi connectivity index (χ0n) is 19.5. The Morgan fingerprint density at radius 2 is 1.76 bits per heavy atom. The molecule has 2 aromatic carbocycles. The average Bonchev–Trinajstić information content (AvgIpc) is 2.74. The van der Waals surface area contributed by atoms with Gasteiger partial charge in [-0.2, -0.15) is 0 Å². The minimum atomic E-state index is -3.86. The van der Waals surface area contributed by atoms with Crippen molar-refractivity contribution in [3.8, 4) is 5.75 Å². The van der Waals surface area contributed by atoms with Crippen molar-refractivity contribution in [2.45, 2.75) is 56.6 Å². The van der Waals surface area contributed by atoms with Gasteiger partial charge < -0.3 is 10.1 Å². The molecule has 1 fully saturated rings. The standard InChI is InChI=1S/C24H32ClN3O4S/c1-24(2,3)27-33(30,31)22-15-18(7-10-21(22)32-4)23(29)26-20-11-13-28(14-12-20)16-17-5-8-19(25)9-6-17/h5-10,15,20,27H,11-14,16H2,1-4H3,(H,26,29). The van der Waals surface area contributed by atoms with Crippen molar-refractivity contribution >= 4 is 27.5 Å². The molecule has 0 aromatic heterocycles. The Morgan fingerprint density at radius 3 is 2.33 bits per heavy atom. The Kier molecular flexibility index (Phi) is 8.05. The second kappa shape index (κ2) is 10.4. The van der Waals surface area contributed by atoms with Crippen LogP contribution in [0.2, 0.25) is 5.02 Å². The van der Waals surface area contributed by atoms with Crippen molar-refractivity contribution in [3.63, 3.8) is 0 Å². The van der Waals surface area contributed by atoms with E-state index in [9.17, 15) is 13.2 Å². The third kappa shape index (κ3) is 7.17. The highest BCUT2D eigenvalue weighted by atomic mass is 35.5. The Morgan fingerprint density at radius 1 is 1.12 bits per heavy atom. The molecule has 0 aliphatic carbocycles. The van der Waals surface area contributed by atoms with Crippen LogP contribution in [0.5, 0.6) is 5.75 Å². The molecule has 0 radical (unpaired) electrons. The lowest BCUT2D eigenvalue weighted by Crippen LogP contribution is -2.44. The second-order valence-electron chi connectivity index (χ2n) is 9.37. The van der Waals surface area contributed by atoms with E-state index in [1.54, 1.807) is 26.8 Å². The lowest BCUT2D eigenvalue weighted by atomic mass is 10.0. The van der Waals surface area contributed by atoms with Crippen LogP contribution in [0.1, 0.15) is 49.5 Å². The second-order valence-corrected chi connectivity index (χ2v) is 11.5. The summed E-state index contributed by atoms with van der Waals surface area (Å²) in [6.07, 6.45) is 1.65. The van der Waals surface area contributed by atoms with Crippen LogP contribution in [0.4, 0.5) is 0 Å². The lowest BCUT2D eigenvalue weighted by Gasteiger charge is -2.32. The molecule has 180 valence electrons. The van der Waals surface area contributed by atoms with Gasteiger partial charge in [0.1, 0.15) is 10.6 Å². The van der Waals surface area contributed by atoms with E-state index in [0.29, 0.717) is 0 Å². The molecule has 0 saturated carbocycles. The number of likely N-dealkylation sites (tertiary alicyclic amines) is 1. The summed E-state index contributed by atoms with van der Waals surface area (Å²) in [5, 5.41) is 3.78. The largest absolute Gasteiger partial charge is 0.495 e. The summed E-state index contributed by atoms with van der Waals surface area (Å²) < 4.78 is 33.6. The minimum Gasteiger partial charge on any atom is -0.495 e. The van der Waals surface area contributed by atoms with Gasteiger partial charge in [0, 0.05) is 41.8 Å². The van der Waals surface area contributed by atoms with Gasteiger partial charge >= 0.3 is 0 Å². The Hall–Kier alpha value is -2.13. The topological polar surface area (TPSA) is 87.7 Å². The number of hydrogen-bond donors (Lipinski definition) is 2. The third-order valence-corrected chi connectivity index (χ3v) is 7.43. The molecule has 0 atom stereocenters. The number of carbonyl (C=O) groups excluding carboxylic acids is 1. The number of nitrogens with one attached hydrogen (secondary N) is 2. The number of methoxy groups -OCH3 is 1. The maximum Gasteiger partial charge on any atom is 0.251 e. The molecule has 1 aliphatic rings. The fraction of sp³-hybridized carbons (Fsp3) is 0.458. The predicted molar refractivity (Wildman–Crippen MR) is 130 cm³/mol. The summed E-state index contributed by atoms with van der Waals surface area (Å²) in [6, 6.07) is 12.3. The molecule has 1 aliphatic heterocycles. The van der Waals surface area contributed by atoms with E-state index in [1.165, 1.54) is 24.8 Å². The highest BCUT2D eigenvalue weighted by molar-refractivity contribution is 7.89. The number of sulfonamides is 1. The van der Waals surface area contributed by atoms with E-state index < -0.39 is 15.6 Å². The maximum atomic E-state index is 12.9. The van der Waals surface area contributed by atoms with Crippen LogP contribution < -0.4 is 14.8 Å². The van der Waals surface area contributed by atoms with Gasteiger partial charge in [0.25, 0.3) is 5.91 Å². The number of ether oxygens (including phenoxy) is 1. The van der Waals surface area contributed by atoms with Crippen molar-refractivity contribution in [1.29, 1.82) is 0 Å². The van der Waals surface area contributed by atoms with E-state index in [2.05, 4.69) is 14.9 Å². The fourth-order valence-electron chi connectivity index (χ4n) is 3.84. The van der Waals surface area contributed by atoms with Crippen molar-refractivity contribution in [2.75, 3.05) is 20.2 Å². The number of amides is 1. The van der Waals surface area contributed by atoms with E-state index in [1.807, 2.05) is 24.3 Å². The monoisotopic (exact) mass is 493 g/mol. The first-order chi connectivity index (χ1) is 15.5. The van der Waals surface area contributed by atoms with Gasteiger partial charge in [-0.3, -0.25) is 9.69 Å². The van der Waals surface area contributed by atoms with E-state index in [-0.39, 0.29) is 28.2 Å². The Labute approximate surface area is 201 Å². The smallest absolute Gasteiger partial charge is 0.251 e. The maximum absolute atomic E-state index is 12.9. The van der Waals surface area contributed by atoms with Crippen LogP contribution in [0.15, 0.2) is 47.4 Å². The van der Waals surface area contributed by atoms with E-state index in [4.69, 9.17) is 16.3 Å². The number of nitrogens with zero attached hydrogens (tertiary/aromatic N) is 1. The molecule has 1 heterocycles. The molecule has 33 heavy (non-hydrogen) atoms. The van der Waals surface area contributed by atoms with Crippen molar-refractivity contribution in [2.24, 2.45) is 0 Å². The highest BCUT2D eigenvalue weighted by Crippen LogP contribution is 2.26. The zero-order chi connectivity index (χ0) is 24.2. The molecular formula is C24H32ClN3O4S. The van der Waals surface area contributed by atoms with Crippen molar-refractivity contribution in [1.82, 2.24) is 14.9 Å². The van der Waals surface area contributed by atoms with Crippen molar-refractivity contribution in [3.05, 3.63) is 58.6 Å². The van der Waals surface area contributed by atoms with Crippen LogP contribution >= 0.6 is 11.6 Å². The van der Waals surface area contributed by atoms with Gasteiger partial charge in [-0.25, -0.2) is 13.1 Å². The SMILES string of the molecule is COc1ccc(C(=O)NC2CCN(Cc3ccc(Cl)cc3)CC2)cc1S(=O)(=O)NC(C)(C)C. The molecule has 2 aromatic rings. The summed E-state index contributed by atoms with van der Waals surface area (Å²) in [5.74, 6) is -0.0974. The predicted octanol–water partition coefficient (Wildman–Crippen LogP) is 3.82. The number of carbonyl (C=O) groups is 1. The fourth-order valence-corrected chi connectivity index (χ4v) is 5.58. The number of hydrogen-bond acceptors (Lipinski definition) is 5. The summed E-state index contributed by atoms with van der Waals surface area (Å²) in [4.78, 5) is 15.2. The molecule has 1 saturated heterocycles. The first-order valence-corrected chi connectivity index (χ1v) is 12.8. The summed E-state index contributed by atoms with van der Waals surface area (Å²) >= 11 is 5.95. The number of rotatable bonds is 7. The van der Waals surface area contributed by atoms with Crippen LogP contribution in [-0.4, -0.2) is 51.0 Å². The number of benzene rings is 2. The normalized spacial score (nSPS) is 15.9. The first kappa shape index (κ1) is 25.5. The van der Waals surface area contributed by atoms with Crippen LogP contribution in [0.25, 0.3) is 0 Å². The van der Waals surface area contributed by atoms with Crippen LogP contribution in [0.3, 0.4) is 0 Å². The van der Waals surface area contributed by atoms with Gasteiger partial charge in [-0.05, 0) is 69.5 Å². The van der Waals surface area contributed by atoms with Gasteiger partial charge in [0.05, 0.1) is 7.11 Å². The third-order valence-electron chi connectivity index (χ3n) is 5.40. The molecule has 2 N–H and O–H groups in total.